The molecule has 1 aliphatic heterocycles. The van der Waals surface area contributed by atoms with Gasteiger partial charge in [0.1, 0.15) is 12.4 Å². The van der Waals surface area contributed by atoms with Crippen molar-refractivity contribution in [2.45, 2.75) is 32.1 Å². The Hall–Kier alpha value is -2.32. The zero-order valence-electron chi connectivity index (χ0n) is 12.3. The maximum Gasteiger partial charge on any atom is 0.434 e. The first-order chi connectivity index (χ1) is 10.9. The van der Waals surface area contributed by atoms with Crippen molar-refractivity contribution in [3.05, 3.63) is 36.2 Å². The maximum atomic E-state index is 12.7. The molecular formula is C14H16F3N5O. The fourth-order valence-corrected chi connectivity index (χ4v) is 2.67. The van der Waals surface area contributed by atoms with E-state index in [1.807, 2.05) is 0 Å². The molecule has 0 saturated carbocycles. The molecule has 0 bridgehead atoms. The van der Waals surface area contributed by atoms with Crippen LogP contribution in [0.15, 0.2) is 24.7 Å². The Morgan fingerprint density at radius 1 is 1.43 bits per heavy atom. The van der Waals surface area contributed by atoms with E-state index in [-0.39, 0.29) is 18.4 Å². The van der Waals surface area contributed by atoms with Crippen molar-refractivity contribution in [3.8, 4) is 0 Å². The summed E-state index contributed by atoms with van der Waals surface area (Å²) in [5.41, 5.74) is -0.851. The standard InChI is InChI=1S/C14H16F3N5O/c15-14(16,17)11-8-21-7-10(2-3-12(21)20-11)6-18-13(23)9-22-5-1-4-19-22/h1,4-5,8,10H,2-3,6-7,9H2,(H,18,23)/t10-/m0/s1. The fraction of sp³-hybridized carbons (Fsp3) is 0.500. The lowest BCUT2D eigenvalue weighted by molar-refractivity contribution is -0.141. The summed E-state index contributed by atoms with van der Waals surface area (Å²) in [5.74, 6) is 0.386. The van der Waals surface area contributed by atoms with E-state index >= 15 is 0 Å². The molecule has 3 heterocycles. The Labute approximate surface area is 130 Å². The number of halogens is 3. The number of hydrogen-bond donors (Lipinski definition) is 1. The van der Waals surface area contributed by atoms with Gasteiger partial charge in [-0.1, -0.05) is 0 Å². The molecule has 0 saturated heterocycles. The number of rotatable bonds is 4. The van der Waals surface area contributed by atoms with Gasteiger partial charge in [-0.25, -0.2) is 4.98 Å². The van der Waals surface area contributed by atoms with Gasteiger partial charge in [-0.15, -0.1) is 0 Å². The van der Waals surface area contributed by atoms with Crippen LogP contribution in [0.25, 0.3) is 0 Å². The molecule has 1 atom stereocenters. The van der Waals surface area contributed by atoms with Crippen LogP contribution in [0.3, 0.4) is 0 Å². The van der Waals surface area contributed by atoms with Gasteiger partial charge < -0.3 is 9.88 Å². The Bertz CT molecular complexity index is 677. The highest BCUT2D eigenvalue weighted by atomic mass is 19.4. The molecule has 0 unspecified atom stereocenters. The van der Waals surface area contributed by atoms with Crippen LogP contribution in [-0.4, -0.2) is 31.8 Å². The molecule has 1 N–H and O–H groups in total. The van der Waals surface area contributed by atoms with Crippen LogP contribution in [0.5, 0.6) is 0 Å². The molecule has 3 rings (SSSR count). The van der Waals surface area contributed by atoms with E-state index in [1.54, 1.807) is 18.5 Å². The van der Waals surface area contributed by atoms with Crippen LogP contribution in [0, 0.1) is 5.92 Å². The first-order valence-electron chi connectivity index (χ1n) is 7.29. The van der Waals surface area contributed by atoms with Gasteiger partial charge in [0, 0.05) is 38.1 Å². The SMILES string of the molecule is O=C(Cn1cccn1)NC[C@@H]1CCc2nc(C(F)(F)F)cn2C1. The van der Waals surface area contributed by atoms with Crippen LogP contribution < -0.4 is 5.32 Å². The summed E-state index contributed by atoms with van der Waals surface area (Å²) in [4.78, 5) is 15.4. The average molecular weight is 327 g/mol. The Balaban J connectivity index is 1.53. The fourth-order valence-electron chi connectivity index (χ4n) is 2.67. The second-order valence-corrected chi connectivity index (χ2v) is 5.60. The van der Waals surface area contributed by atoms with E-state index < -0.39 is 11.9 Å². The third-order valence-electron chi connectivity index (χ3n) is 3.83. The lowest BCUT2D eigenvalue weighted by atomic mass is 9.99. The van der Waals surface area contributed by atoms with Crippen molar-refractivity contribution in [2.24, 2.45) is 5.92 Å². The normalized spacial score (nSPS) is 17.8. The molecule has 0 aliphatic carbocycles. The Morgan fingerprint density at radius 2 is 2.26 bits per heavy atom. The van der Waals surface area contributed by atoms with Gasteiger partial charge in [-0.2, -0.15) is 18.3 Å². The van der Waals surface area contributed by atoms with E-state index in [0.29, 0.717) is 31.8 Å². The quantitative estimate of drug-likeness (QED) is 0.925. The first-order valence-corrected chi connectivity index (χ1v) is 7.29. The average Bonchev–Trinajstić information content (AvgIpc) is 3.12. The number of hydrogen-bond acceptors (Lipinski definition) is 3. The predicted octanol–water partition coefficient (Wildman–Crippen LogP) is 1.48. The van der Waals surface area contributed by atoms with Crippen molar-refractivity contribution < 1.29 is 18.0 Å². The molecule has 124 valence electrons. The van der Waals surface area contributed by atoms with Gasteiger partial charge in [0.15, 0.2) is 5.69 Å². The zero-order chi connectivity index (χ0) is 16.4. The van der Waals surface area contributed by atoms with Gasteiger partial charge in [0.2, 0.25) is 5.91 Å². The minimum atomic E-state index is -4.42. The van der Waals surface area contributed by atoms with Gasteiger partial charge in [-0.3, -0.25) is 9.48 Å². The second-order valence-electron chi connectivity index (χ2n) is 5.60. The van der Waals surface area contributed by atoms with Gasteiger partial charge >= 0.3 is 6.18 Å². The number of nitrogens with one attached hydrogen (secondary N) is 1. The number of aromatic nitrogens is 4. The molecule has 1 aliphatic rings. The summed E-state index contributed by atoms with van der Waals surface area (Å²) in [6.45, 7) is 0.994. The van der Waals surface area contributed by atoms with Gasteiger partial charge in [0.05, 0.1) is 0 Å². The third-order valence-corrected chi connectivity index (χ3v) is 3.83. The molecule has 0 radical (unpaired) electrons. The minimum absolute atomic E-state index is 0.0966. The van der Waals surface area contributed by atoms with Crippen molar-refractivity contribution in [1.29, 1.82) is 0 Å². The molecule has 6 nitrogen and oxygen atoms in total. The number of fused-ring (bicyclic) bond motifs is 1. The van der Waals surface area contributed by atoms with E-state index in [0.717, 1.165) is 6.20 Å². The molecule has 23 heavy (non-hydrogen) atoms. The summed E-state index contributed by atoms with van der Waals surface area (Å²) in [7, 11) is 0. The highest BCUT2D eigenvalue weighted by molar-refractivity contribution is 5.75. The number of amides is 1. The highest BCUT2D eigenvalue weighted by Gasteiger charge is 2.35. The number of alkyl halides is 3. The van der Waals surface area contributed by atoms with Crippen molar-refractivity contribution in [2.75, 3.05) is 6.54 Å². The van der Waals surface area contributed by atoms with E-state index in [9.17, 15) is 18.0 Å². The lowest BCUT2D eigenvalue weighted by Gasteiger charge is -2.23. The molecule has 1 amide bonds. The molecule has 0 spiro atoms. The van der Waals surface area contributed by atoms with Gasteiger partial charge in [-0.05, 0) is 18.4 Å². The van der Waals surface area contributed by atoms with E-state index in [2.05, 4.69) is 15.4 Å². The molecule has 2 aromatic heterocycles. The molecule has 0 fully saturated rings. The number of nitrogens with zero attached hydrogens (tertiary/aromatic N) is 4. The summed E-state index contributed by atoms with van der Waals surface area (Å²) >= 11 is 0. The van der Waals surface area contributed by atoms with Crippen LogP contribution >= 0.6 is 0 Å². The number of carbonyl (C=O) groups excluding carboxylic acids is 1. The number of aryl methyl sites for hydroxylation is 1. The minimum Gasteiger partial charge on any atom is -0.354 e. The lowest BCUT2D eigenvalue weighted by Crippen LogP contribution is -2.35. The first kappa shape index (κ1) is 15.6. The van der Waals surface area contributed by atoms with E-state index in [1.165, 1.54) is 9.25 Å². The number of imidazole rings is 1. The highest BCUT2D eigenvalue weighted by Crippen LogP contribution is 2.30. The molecular weight excluding hydrogens is 311 g/mol. The van der Waals surface area contributed by atoms with Gasteiger partial charge in [0.25, 0.3) is 0 Å². The Morgan fingerprint density at radius 3 is 2.96 bits per heavy atom. The largest absolute Gasteiger partial charge is 0.434 e. The summed E-state index contributed by atoms with van der Waals surface area (Å²) < 4.78 is 41.0. The zero-order valence-corrected chi connectivity index (χ0v) is 12.3. The summed E-state index contributed by atoms with van der Waals surface area (Å²) in [6, 6.07) is 1.73. The van der Waals surface area contributed by atoms with Crippen molar-refractivity contribution in [1.82, 2.24) is 24.6 Å². The van der Waals surface area contributed by atoms with Crippen LogP contribution in [0.4, 0.5) is 13.2 Å². The Kier molecular flexibility index (Phi) is 4.10. The monoisotopic (exact) mass is 327 g/mol. The third kappa shape index (κ3) is 3.72. The van der Waals surface area contributed by atoms with Crippen LogP contribution in [0.2, 0.25) is 0 Å². The van der Waals surface area contributed by atoms with Crippen molar-refractivity contribution in [3.63, 3.8) is 0 Å². The van der Waals surface area contributed by atoms with Crippen molar-refractivity contribution >= 4 is 5.91 Å². The van der Waals surface area contributed by atoms with E-state index in [4.69, 9.17) is 0 Å². The molecule has 0 aromatic carbocycles. The maximum absolute atomic E-state index is 12.7. The molecule has 9 heteroatoms. The summed E-state index contributed by atoms with van der Waals surface area (Å²) in [5, 5.41) is 6.75. The number of carbonyl (C=O) groups is 1. The van der Waals surface area contributed by atoms with Crippen LogP contribution in [0.1, 0.15) is 17.9 Å². The summed E-state index contributed by atoms with van der Waals surface area (Å²) in [6.07, 6.45) is 1.10. The van der Waals surface area contributed by atoms with Crippen LogP contribution in [-0.2, 0) is 30.5 Å². The predicted molar refractivity (Wildman–Crippen MR) is 74.3 cm³/mol. The smallest absolute Gasteiger partial charge is 0.354 e. The molecule has 2 aromatic rings. The second kappa shape index (κ2) is 6.05. The topological polar surface area (TPSA) is 64.7 Å².